The summed E-state index contributed by atoms with van der Waals surface area (Å²) < 4.78 is 10.9. The molecule has 0 amide bonds. The molecule has 0 saturated heterocycles. The molecular weight excluding hydrogens is 495 g/mol. The molecule has 0 saturated carbocycles. The predicted octanol–water partition coefficient (Wildman–Crippen LogP) is 7.21. The van der Waals surface area contributed by atoms with Gasteiger partial charge in [-0.2, -0.15) is 10.5 Å². The first-order valence-electron chi connectivity index (χ1n) is 11.0. The van der Waals surface area contributed by atoms with Crippen molar-refractivity contribution < 1.29 is 9.47 Å². The van der Waals surface area contributed by atoms with Crippen molar-refractivity contribution in [1.29, 1.82) is 10.5 Å². The number of pyridine rings is 2. The van der Waals surface area contributed by atoms with E-state index in [1.807, 2.05) is 86.6 Å². The van der Waals surface area contributed by atoms with Crippen LogP contribution >= 0.6 is 23.2 Å². The zero-order valence-electron chi connectivity index (χ0n) is 19.5. The minimum absolute atomic E-state index is 0.0935. The van der Waals surface area contributed by atoms with Gasteiger partial charge in [0.2, 0.25) is 11.8 Å². The number of aromatic nitrogens is 2. The lowest BCUT2D eigenvalue weighted by Crippen LogP contribution is -2.00. The zero-order chi connectivity index (χ0) is 25.7. The lowest BCUT2D eigenvalue weighted by molar-refractivity contribution is 0.351. The summed E-state index contributed by atoms with van der Waals surface area (Å²) >= 11 is 13.8. The van der Waals surface area contributed by atoms with Gasteiger partial charge >= 0.3 is 0 Å². The van der Waals surface area contributed by atoms with Crippen molar-refractivity contribution in [1.82, 2.24) is 9.97 Å². The number of ether oxygens (including phenoxy) is 2. The highest BCUT2D eigenvalue weighted by molar-refractivity contribution is 6.39. The van der Waals surface area contributed by atoms with E-state index in [1.165, 1.54) is 0 Å². The Hall–Kier alpha value is -4.10. The Labute approximate surface area is 219 Å². The number of nitrogens with zero attached hydrogens (tertiary/aromatic N) is 4. The molecule has 0 bridgehead atoms. The Bertz CT molecular complexity index is 1410. The summed E-state index contributed by atoms with van der Waals surface area (Å²) in [5.41, 5.74) is 5.75. The maximum absolute atomic E-state index is 8.85. The fourth-order valence-corrected chi connectivity index (χ4v) is 4.34. The van der Waals surface area contributed by atoms with Crippen molar-refractivity contribution in [2.24, 2.45) is 0 Å². The number of rotatable bonds is 7. The molecule has 4 rings (SSSR count). The van der Waals surface area contributed by atoms with Crippen molar-refractivity contribution in [3.63, 3.8) is 0 Å². The maximum Gasteiger partial charge on any atom is 0.217 e. The second-order valence-electron chi connectivity index (χ2n) is 7.86. The minimum Gasteiger partial charge on any atom is -0.462 e. The van der Waals surface area contributed by atoms with Crippen LogP contribution in [0.25, 0.3) is 33.6 Å². The minimum atomic E-state index is -0.0935. The molecule has 0 atom stereocenters. The lowest BCUT2D eigenvalue weighted by atomic mass is 9.98. The van der Waals surface area contributed by atoms with Crippen LogP contribution in [0.15, 0.2) is 60.7 Å². The fraction of sp³-hybridized carbons (Fsp3) is 0.143. The number of aryl methyl sites for hydroxylation is 2. The van der Waals surface area contributed by atoms with E-state index < -0.39 is 0 Å². The third-order valence-corrected chi connectivity index (χ3v) is 6.30. The third-order valence-electron chi connectivity index (χ3n) is 5.49. The van der Waals surface area contributed by atoms with Crippen molar-refractivity contribution in [3.8, 4) is 57.5 Å². The van der Waals surface area contributed by atoms with Gasteiger partial charge in [0.15, 0.2) is 13.2 Å². The van der Waals surface area contributed by atoms with Gasteiger partial charge in [-0.3, -0.25) is 0 Å². The summed E-state index contributed by atoms with van der Waals surface area (Å²) in [7, 11) is 0. The monoisotopic (exact) mass is 514 g/mol. The first kappa shape index (κ1) is 25.0. The van der Waals surface area contributed by atoms with Crippen molar-refractivity contribution in [2.75, 3.05) is 13.2 Å². The van der Waals surface area contributed by atoms with Gasteiger partial charge in [0.05, 0.1) is 21.4 Å². The van der Waals surface area contributed by atoms with E-state index in [0.29, 0.717) is 44.3 Å². The smallest absolute Gasteiger partial charge is 0.217 e. The number of hydrogen-bond donors (Lipinski definition) is 0. The summed E-state index contributed by atoms with van der Waals surface area (Å²) in [5.74, 6) is 0.769. The number of nitriles is 2. The van der Waals surface area contributed by atoms with Crippen molar-refractivity contribution in [3.05, 3.63) is 81.8 Å². The van der Waals surface area contributed by atoms with Gasteiger partial charge in [-0.15, -0.1) is 0 Å². The van der Waals surface area contributed by atoms with E-state index in [2.05, 4.69) is 9.97 Å². The molecule has 0 aliphatic carbocycles. The van der Waals surface area contributed by atoms with Crippen LogP contribution in [0.1, 0.15) is 11.1 Å². The molecule has 0 aliphatic rings. The highest BCUT2D eigenvalue weighted by Gasteiger charge is 2.17. The Morgan fingerprint density at radius 2 is 1.03 bits per heavy atom. The maximum atomic E-state index is 8.85. The van der Waals surface area contributed by atoms with Crippen LogP contribution in [0.2, 0.25) is 10.0 Å². The first-order chi connectivity index (χ1) is 17.4. The molecule has 2 heterocycles. The molecule has 36 heavy (non-hydrogen) atoms. The highest BCUT2D eigenvalue weighted by Crippen LogP contribution is 2.42. The Kier molecular flexibility index (Phi) is 7.71. The Morgan fingerprint density at radius 3 is 1.42 bits per heavy atom. The molecule has 0 N–H and O–H groups in total. The molecule has 2 aromatic carbocycles. The first-order valence-corrected chi connectivity index (χ1v) is 11.7. The average molecular weight is 515 g/mol. The molecule has 6 nitrogen and oxygen atoms in total. The van der Waals surface area contributed by atoms with E-state index >= 15 is 0 Å². The molecule has 0 spiro atoms. The Morgan fingerprint density at radius 1 is 0.639 bits per heavy atom. The number of benzene rings is 2. The third kappa shape index (κ3) is 5.11. The predicted molar refractivity (Wildman–Crippen MR) is 140 cm³/mol. The summed E-state index contributed by atoms with van der Waals surface area (Å²) in [5, 5.41) is 18.7. The van der Waals surface area contributed by atoms with Gasteiger partial charge < -0.3 is 9.47 Å². The number of halogens is 2. The SMILES string of the molecule is Cc1ccc(-c2cccc(-c3cccc(-c4ccc(C)c(OCC#N)n4)c3Cl)c2Cl)nc1OCC#N. The largest absolute Gasteiger partial charge is 0.462 e. The van der Waals surface area contributed by atoms with E-state index in [4.69, 9.17) is 43.2 Å². The molecule has 0 fully saturated rings. The van der Waals surface area contributed by atoms with E-state index in [1.54, 1.807) is 0 Å². The van der Waals surface area contributed by atoms with Crippen LogP contribution in [-0.2, 0) is 0 Å². The summed E-state index contributed by atoms with van der Waals surface area (Å²) in [6, 6.07) is 22.7. The standard InChI is InChI=1S/C28H20Cl2N4O2/c1-17-9-11-23(33-27(17)35-15-13-31)21-7-3-5-19(25(21)29)20-6-4-8-22(26(20)30)24-12-10-18(2)28(34-24)36-16-14-32/h3-12H,15-16H2,1-2H3. The summed E-state index contributed by atoms with van der Waals surface area (Å²) in [4.78, 5) is 9.14. The summed E-state index contributed by atoms with van der Waals surface area (Å²) in [6.45, 7) is 3.54. The van der Waals surface area contributed by atoms with Gasteiger partial charge in [0.1, 0.15) is 12.1 Å². The second-order valence-corrected chi connectivity index (χ2v) is 8.62. The zero-order valence-corrected chi connectivity index (χ0v) is 21.1. The lowest BCUT2D eigenvalue weighted by Gasteiger charge is -2.15. The summed E-state index contributed by atoms with van der Waals surface area (Å²) in [6.07, 6.45) is 0. The van der Waals surface area contributed by atoms with E-state index in [0.717, 1.165) is 22.3 Å². The molecular formula is C28H20Cl2N4O2. The molecule has 0 radical (unpaired) electrons. The highest BCUT2D eigenvalue weighted by atomic mass is 35.5. The van der Waals surface area contributed by atoms with Crippen LogP contribution in [0, 0.1) is 36.5 Å². The van der Waals surface area contributed by atoms with Gasteiger partial charge in [-0.05, 0) is 26.0 Å². The van der Waals surface area contributed by atoms with Crippen molar-refractivity contribution in [2.45, 2.75) is 13.8 Å². The average Bonchev–Trinajstić information content (AvgIpc) is 2.88. The fourth-order valence-electron chi connectivity index (χ4n) is 3.69. The topological polar surface area (TPSA) is 91.8 Å². The molecule has 2 aromatic heterocycles. The van der Waals surface area contributed by atoms with E-state index in [9.17, 15) is 0 Å². The molecule has 4 aromatic rings. The van der Waals surface area contributed by atoms with Crippen LogP contribution in [0.3, 0.4) is 0 Å². The quantitative estimate of drug-likeness (QED) is 0.258. The second kappa shape index (κ2) is 11.1. The van der Waals surface area contributed by atoms with Crippen LogP contribution in [-0.4, -0.2) is 23.2 Å². The molecule has 178 valence electrons. The molecule has 0 aliphatic heterocycles. The Balaban J connectivity index is 1.78. The normalized spacial score (nSPS) is 10.4. The van der Waals surface area contributed by atoms with Gasteiger partial charge in [0.25, 0.3) is 0 Å². The number of hydrogen-bond acceptors (Lipinski definition) is 6. The molecule has 8 heteroatoms. The van der Waals surface area contributed by atoms with Gasteiger partial charge in [0, 0.05) is 33.4 Å². The van der Waals surface area contributed by atoms with Crippen molar-refractivity contribution >= 4 is 23.2 Å². The molecule has 0 unspecified atom stereocenters. The van der Waals surface area contributed by atoms with Gasteiger partial charge in [-0.25, -0.2) is 9.97 Å². The van der Waals surface area contributed by atoms with Crippen LogP contribution < -0.4 is 9.47 Å². The van der Waals surface area contributed by atoms with Crippen LogP contribution in [0.5, 0.6) is 11.8 Å². The van der Waals surface area contributed by atoms with E-state index in [-0.39, 0.29) is 13.2 Å². The van der Waals surface area contributed by atoms with Crippen LogP contribution in [0.4, 0.5) is 0 Å². The van der Waals surface area contributed by atoms with Gasteiger partial charge in [-0.1, -0.05) is 71.7 Å².